The monoisotopic (exact) mass is 228 g/mol. The number of hydrogen-bond acceptors (Lipinski definition) is 2. The van der Waals surface area contributed by atoms with Crippen LogP contribution >= 0.6 is 11.6 Å². The van der Waals surface area contributed by atoms with Gasteiger partial charge in [-0.1, -0.05) is 30.3 Å². The molecule has 4 nitrogen and oxygen atoms in total. The Balaban J connectivity index is 3.04. The molecule has 0 aliphatic carbocycles. The number of hydrogen-bond donors (Lipinski definition) is 2. The van der Waals surface area contributed by atoms with Crippen molar-refractivity contribution >= 4 is 23.5 Å². The van der Waals surface area contributed by atoms with Crippen LogP contribution in [0.2, 0.25) is 0 Å². The number of carbonyl (C=O) groups is 2. The van der Waals surface area contributed by atoms with E-state index in [1.165, 1.54) is 12.1 Å². The van der Waals surface area contributed by atoms with Gasteiger partial charge in [-0.3, -0.25) is 9.59 Å². The van der Waals surface area contributed by atoms with Crippen LogP contribution in [0.15, 0.2) is 30.3 Å². The molecule has 1 rings (SSSR count). The third kappa shape index (κ3) is 2.70. The number of carboxylic acid groups (broad SMARTS) is 2. The second-order valence-electron chi connectivity index (χ2n) is 2.97. The first-order valence-electron chi connectivity index (χ1n) is 4.18. The summed E-state index contributed by atoms with van der Waals surface area (Å²) in [6.07, 6.45) is 0. The lowest BCUT2D eigenvalue weighted by molar-refractivity contribution is -0.144. The summed E-state index contributed by atoms with van der Waals surface area (Å²) in [6.45, 7) is 0. The van der Waals surface area contributed by atoms with Gasteiger partial charge in [-0.2, -0.15) is 0 Å². The van der Waals surface area contributed by atoms with Crippen molar-refractivity contribution < 1.29 is 19.8 Å². The molecule has 80 valence electrons. The molecule has 0 radical (unpaired) electrons. The van der Waals surface area contributed by atoms with Crippen molar-refractivity contribution in [3.63, 3.8) is 0 Å². The molecule has 0 heterocycles. The Hall–Kier alpha value is -1.55. The molecule has 0 saturated carbocycles. The fraction of sp³-hybridized carbons (Fsp3) is 0.200. The van der Waals surface area contributed by atoms with E-state index in [0.29, 0.717) is 5.56 Å². The number of aliphatic carboxylic acids is 2. The van der Waals surface area contributed by atoms with Gasteiger partial charge in [0.1, 0.15) is 11.3 Å². The van der Waals surface area contributed by atoms with Crippen LogP contribution in [-0.2, 0) is 9.59 Å². The molecule has 0 aromatic heterocycles. The van der Waals surface area contributed by atoms with Crippen molar-refractivity contribution in [2.75, 3.05) is 0 Å². The third-order valence-electron chi connectivity index (χ3n) is 1.95. The fourth-order valence-corrected chi connectivity index (χ4v) is 1.49. The summed E-state index contributed by atoms with van der Waals surface area (Å²) in [5.74, 6) is -3.82. The van der Waals surface area contributed by atoms with E-state index in [2.05, 4.69) is 0 Å². The van der Waals surface area contributed by atoms with E-state index < -0.39 is 23.2 Å². The molecule has 0 unspecified atom stereocenters. The minimum absolute atomic E-state index is 0.382. The predicted octanol–water partition coefficient (Wildman–Crippen LogP) is 1.55. The number of alkyl halides is 1. The zero-order valence-electron chi connectivity index (χ0n) is 7.63. The highest BCUT2D eigenvalue weighted by atomic mass is 35.5. The van der Waals surface area contributed by atoms with E-state index in [1.54, 1.807) is 18.2 Å². The van der Waals surface area contributed by atoms with E-state index in [1.807, 2.05) is 0 Å². The van der Waals surface area contributed by atoms with Gasteiger partial charge >= 0.3 is 11.9 Å². The molecular formula is C10H9ClO4. The van der Waals surface area contributed by atoms with Crippen LogP contribution in [0.1, 0.15) is 11.5 Å². The van der Waals surface area contributed by atoms with Crippen LogP contribution in [-0.4, -0.2) is 27.5 Å². The van der Waals surface area contributed by atoms with Crippen LogP contribution in [0, 0.1) is 0 Å². The molecule has 0 bridgehead atoms. The highest BCUT2D eigenvalue weighted by Crippen LogP contribution is 2.24. The maximum absolute atomic E-state index is 10.9. The Morgan fingerprint density at radius 1 is 1.07 bits per heavy atom. The van der Waals surface area contributed by atoms with Crippen LogP contribution in [0.25, 0.3) is 0 Å². The summed E-state index contributed by atoms with van der Waals surface area (Å²) in [7, 11) is 0. The third-order valence-corrected chi connectivity index (χ3v) is 2.39. The maximum Gasteiger partial charge on any atom is 0.322 e. The first-order valence-corrected chi connectivity index (χ1v) is 4.62. The smallest absolute Gasteiger partial charge is 0.322 e. The SMILES string of the molecule is O=C(O)[C@H](Cl)[C@@H](C(=O)O)c1ccccc1. The summed E-state index contributed by atoms with van der Waals surface area (Å²) in [5.41, 5.74) is 0.382. The lowest BCUT2D eigenvalue weighted by Crippen LogP contribution is -2.28. The van der Waals surface area contributed by atoms with E-state index in [0.717, 1.165) is 0 Å². The van der Waals surface area contributed by atoms with Gasteiger partial charge in [0, 0.05) is 0 Å². The van der Waals surface area contributed by atoms with Crippen molar-refractivity contribution in [1.82, 2.24) is 0 Å². The molecule has 5 heteroatoms. The number of rotatable bonds is 4. The minimum Gasteiger partial charge on any atom is -0.481 e. The Morgan fingerprint density at radius 3 is 2.00 bits per heavy atom. The topological polar surface area (TPSA) is 74.6 Å². The standard InChI is InChI=1S/C10H9ClO4/c11-8(10(14)15)7(9(12)13)6-4-2-1-3-5-6/h1-5,7-8H,(H,12,13)(H,14,15)/t7-,8+/m0/s1. The van der Waals surface area contributed by atoms with Crippen LogP contribution in [0.4, 0.5) is 0 Å². The summed E-state index contributed by atoms with van der Waals surface area (Å²) in [6, 6.07) is 8.06. The Bertz CT molecular complexity index is 363. The van der Waals surface area contributed by atoms with E-state index in [4.69, 9.17) is 21.8 Å². The zero-order valence-corrected chi connectivity index (χ0v) is 8.39. The Labute approximate surface area is 91.1 Å². The Morgan fingerprint density at radius 2 is 1.60 bits per heavy atom. The summed E-state index contributed by atoms with van der Waals surface area (Å²) in [5, 5.41) is 16.1. The van der Waals surface area contributed by atoms with Gasteiger partial charge in [0.25, 0.3) is 0 Å². The van der Waals surface area contributed by atoms with Crippen molar-refractivity contribution in [2.24, 2.45) is 0 Å². The van der Waals surface area contributed by atoms with Gasteiger partial charge in [-0.25, -0.2) is 0 Å². The second-order valence-corrected chi connectivity index (χ2v) is 3.44. The van der Waals surface area contributed by atoms with E-state index in [-0.39, 0.29) is 0 Å². The summed E-state index contributed by atoms with van der Waals surface area (Å²) in [4.78, 5) is 21.5. The number of halogens is 1. The minimum atomic E-state index is -1.47. The number of benzene rings is 1. The van der Waals surface area contributed by atoms with Crippen LogP contribution in [0.5, 0.6) is 0 Å². The average Bonchev–Trinajstić information content (AvgIpc) is 2.18. The summed E-state index contributed by atoms with van der Waals surface area (Å²) >= 11 is 5.53. The molecule has 0 aliphatic heterocycles. The molecule has 0 aliphatic rings. The van der Waals surface area contributed by atoms with Crippen molar-refractivity contribution in [2.45, 2.75) is 11.3 Å². The van der Waals surface area contributed by atoms with Crippen molar-refractivity contribution in [3.8, 4) is 0 Å². The van der Waals surface area contributed by atoms with E-state index in [9.17, 15) is 9.59 Å². The molecule has 0 fully saturated rings. The number of carboxylic acids is 2. The molecule has 0 saturated heterocycles. The lowest BCUT2D eigenvalue weighted by atomic mass is 9.95. The first-order chi connectivity index (χ1) is 7.04. The molecule has 15 heavy (non-hydrogen) atoms. The fourth-order valence-electron chi connectivity index (χ4n) is 1.24. The molecule has 2 N–H and O–H groups in total. The lowest BCUT2D eigenvalue weighted by Gasteiger charge is -2.14. The second kappa shape index (κ2) is 4.79. The van der Waals surface area contributed by atoms with Gasteiger partial charge in [0.15, 0.2) is 0 Å². The molecule has 0 spiro atoms. The normalized spacial score (nSPS) is 14.2. The molecule has 2 atom stereocenters. The Kier molecular flexibility index (Phi) is 3.68. The maximum atomic E-state index is 10.9. The quantitative estimate of drug-likeness (QED) is 0.767. The molecule has 1 aromatic carbocycles. The van der Waals surface area contributed by atoms with Crippen molar-refractivity contribution in [1.29, 1.82) is 0 Å². The largest absolute Gasteiger partial charge is 0.481 e. The average molecular weight is 229 g/mol. The van der Waals surface area contributed by atoms with Gasteiger partial charge in [0.2, 0.25) is 0 Å². The van der Waals surface area contributed by atoms with Gasteiger partial charge < -0.3 is 10.2 Å². The van der Waals surface area contributed by atoms with Gasteiger partial charge in [-0.05, 0) is 5.56 Å². The molecular weight excluding hydrogens is 220 g/mol. The van der Waals surface area contributed by atoms with Gasteiger partial charge in [0.05, 0.1) is 0 Å². The first kappa shape index (κ1) is 11.5. The molecule has 0 amide bonds. The highest BCUT2D eigenvalue weighted by molar-refractivity contribution is 6.31. The molecule has 1 aromatic rings. The highest BCUT2D eigenvalue weighted by Gasteiger charge is 2.33. The van der Waals surface area contributed by atoms with Gasteiger partial charge in [-0.15, -0.1) is 11.6 Å². The van der Waals surface area contributed by atoms with Crippen molar-refractivity contribution in [3.05, 3.63) is 35.9 Å². The van der Waals surface area contributed by atoms with E-state index >= 15 is 0 Å². The summed E-state index contributed by atoms with van der Waals surface area (Å²) < 4.78 is 0. The van der Waals surface area contributed by atoms with Crippen LogP contribution < -0.4 is 0 Å². The predicted molar refractivity (Wildman–Crippen MR) is 54.1 cm³/mol. The zero-order chi connectivity index (χ0) is 11.4. The van der Waals surface area contributed by atoms with Crippen LogP contribution in [0.3, 0.4) is 0 Å².